The average molecular weight is 802 g/mol. The van der Waals surface area contributed by atoms with Crippen LogP contribution in [0.15, 0.2) is 12.2 Å². The summed E-state index contributed by atoms with van der Waals surface area (Å²) >= 11 is 0. The molecule has 0 aromatic carbocycles. The van der Waals surface area contributed by atoms with Crippen molar-refractivity contribution in [3.63, 3.8) is 0 Å². The highest BCUT2D eigenvalue weighted by Gasteiger charge is 2.23. The Balaban J connectivity index is 3.49. The van der Waals surface area contributed by atoms with Crippen LogP contribution < -0.4 is 5.32 Å². The molecule has 0 aliphatic carbocycles. The minimum absolute atomic E-state index is 0.0800. The molecular formula is C45H88NO8P. The second-order valence-corrected chi connectivity index (χ2v) is 17.2. The molecule has 0 rings (SSSR count). The van der Waals surface area contributed by atoms with Crippen LogP contribution in [0.1, 0.15) is 232 Å². The zero-order valence-corrected chi connectivity index (χ0v) is 36.8. The second-order valence-electron chi connectivity index (χ2n) is 15.7. The molecule has 1 amide bonds. The number of amides is 1. The van der Waals surface area contributed by atoms with E-state index in [2.05, 4.69) is 31.3 Å². The summed E-state index contributed by atoms with van der Waals surface area (Å²) in [4.78, 5) is 33.8. The van der Waals surface area contributed by atoms with Crippen molar-refractivity contribution in [3.8, 4) is 0 Å². The summed E-state index contributed by atoms with van der Waals surface area (Å²) in [7, 11) is -4.41. The Hall–Kier alpha value is -1.25. The molecule has 2 atom stereocenters. The van der Waals surface area contributed by atoms with Crippen molar-refractivity contribution >= 4 is 19.7 Å². The molecule has 55 heavy (non-hydrogen) atoms. The first kappa shape index (κ1) is 53.8. The van der Waals surface area contributed by atoms with Crippen LogP contribution in [0.25, 0.3) is 0 Å². The van der Waals surface area contributed by atoms with Crippen molar-refractivity contribution in [1.29, 1.82) is 0 Å². The number of nitrogens with one attached hydrogen (secondary N) is 1. The Bertz CT molecular complexity index is 917. The molecule has 0 aliphatic heterocycles. The number of rotatable bonds is 44. The Morgan fingerprint density at radius 2 is 0.964 bits per heavy atom. The molecule has 326 valence electrons. The van der Waals surface area contributed by atoms with Gasteiger partial charge in [-0.15, -0.1) is 0 Å². The van der Waals surface area contributed by atoms with Crippen molar-refractivity contribution in [3.05, 3.63) is 12.2 Å². The molecule has 0 aliphatic rings. The van der Waals surface area contributed by atoms with Gasteiger partial charge < -0.3 is 20.1 Å². The van der Waals surface area contributed by atoms with Gasteiger partial charge in [-0.05, 0) is 32.1 Å². The van der Waals surface area contributed by atoms with Gasteiger partial charge in [0.1, 0.15) is 12.7 Å². The third-order valence-corrected chi connectivity index (χ3v) is 11.2. The smallest absolute Gasteiger partial charge is 0.463 e. The number of carbonyl (C=O) groups is 2. The van der Waals surface area contributed by atoms with Crippen LogP contribution in [0, 0.1) is 0 Å². The molecule has 0 aromatic heterocycles. The summed E-state index contributed by atoms with van der Waals surface area (Å²) < 4.78 is 26.8. The summed E-state index contributed by atoms with van der Waals surface area (Å²) in [5.41, 5.74) is 0. The molecule has 0 saturated carbocycles. The van der Waals surface area contributed by atoms with E-state index in [9.17, 15) is 24.2 Å². The lowest BCUT2D eigenvalue weighted by atomic mass is 10.0. The number of aliphatic hydroxyl groups is 1. The summed E-state index contributed by atoms with van der Waals surface area (Å²) in [6, 6.07) is 0. The first-order valence-corrected chi connectivity index (χ1v) is 24.7. The van der Waals surface area contributed by atoms with E-state index in [4.69, 9.17) is 13.8 Å². The largest absolute Gasteiger partial charge is 0.472 e. The van der Waals surface area contributed by atoms with E-state index >= 15 is 0 Å². The van der Waals surface area contributed by atoms with Crippen LogP contribution in [-0.2, 0) is 27.9 Å². The maximum atomic E-state index is 12.1. The summed E-state index contributed by atoms with van der Waals surface area (Å²) in [6.45, 7) is 3.51. The minimum atomic E-state index is -4.41. The van der Waals surface area contributed by atoms with Gasteiger partial charge in [-0.1, -0.05) is 199 Å². The number of aliphatic hydroxyl groups excluding tert-OH is 1. The fraction of sp³-hybridized carbons (Fsp3) is 0.911. The maximum absolute atomic E-state index is 12.1. The lowest BCUT2D eigenvalue weighted by Crippen LogP contribution is -2.27. The van der Waals surface area contributed by atoms with Crippen LogP contribution in [0.2, 0.25) is 0 Å². The van der Waals surface area contributed by atoms with Gasteiger partial charge in [0.25, 0.3) is 0 Å². The molecule has 0 spiro atoms. The van der Waals surface area contributed by atoms with E-state index in [-0.39, 0.29) is 32.1 Å². The third-order valence-electron chi connectivity index (χ3n) is 10.2. The number of unbranched alkanes of at least 4 members (excludes halogenated alkanes) is 29. The molecule has 9 nitrogen and oxygen atoms in total. The molecule has 0 fully saturated rings. The van der Waals surface area contributed by atoms with Crippen molar-refractivity contribution in [2.24, 2.45) is 0 Å². The van der Waals surface area contributed by atoms with Gasteiger partial charge in [0.2, 0.25) is 5.91 Å². The third kappa shape index (κ3) is 43.7. The Kier molecular flexibility index (Phi) is 41.4. The molecule has 3 N–H and O–H groups in total. The van der Waals surface area contributed by atoms with Crippen LogP contribution >= 0.6 is 7.82 Å². The lowest BCUT2D eigenvalue weighted by Gasteiger charge is -2.15. The number of ether oxygens (including phenoxy) is 1. The highest BCUT2D eigenvalue weighted by atomic mass is 31.2. The monoisotopic (exact) mass is 802 g/mol. The molecule has 0 radical (unpaired) electrons. The first-order chi connectivity index (χ1) is 26.8. The number of phosphoric acid groups is 1. The van der Waals surface area contributed by atoms with E-state index in [1.54, 1.807) is 0 Å². The van der Waals surface area contributed by atoms with Crippen molar-refractivity contribution in [2.75, 3.05) is 26.4 Å². The molecule has 10 heteroatoms. The van der Waals surface area contributed by atoms with Crippen LogP contribution in [0.4, 0.5) is 0 Å². The van der Waals surface area contributed by atoms with Gasteiger partial charge in [-0.3, -0.25) is 18.6 Å². The summed E-state index contributed by atoms with van der Waals surface area (Å²) in [5.74, 6) is -0.518. The average Bonchev–Trinajstić information content (AvgIpc) is 3.17. The zero-order chi connectivity index (χ0) is 40.3. The fourth-order valence-corrected chi connectivity index (χ4v) is 7.44. The quantitative estimate of drug-likeness (QED) is 0.0240. The van der Waals surface area contributed by atoms with Gasteiger partial charge in [0.15, 0.2) is 0 Å². The highest BCUT2D eigenvalue weighted by Crippen LogP contribution is 2.42. The number of allylic oxidation sites excluding steroid dienone is 2. The van der Waals surface area contributed by atoms with Crippen molar-refractivity contribution in [1.82, 2.24) is 5.32 Å². The van der Waals surface area contributed by atoms with Gasteiger partial charge in [-0.25, -0.2) is 4.57 Å². The van der Waals surface area contributed by atoms with Gasteiger partial charge in [0, 0.05) is 19.4 Å². The van der Waals surface area contributed by atoms with Crippen LogP contribution in [0.3, 0.4) is 0 Å². The number of hydrogen-bond donors (Lipinski definition) is 3. The Morgan fingerprint density at radius 1 is 0.545 bits per heavy atom. The molecule has 0 bridgehead atoms. The molecule has 0 heterocycles. The van der Waals surface area contributed by atoms with Crippen molar-refractivity contribution < 1.29 is 37.9 Å². The predicted octanol–water partition coefficient (Wildman–Crippen LogP) is 13.0. The maximum Gasteiger partial charge on any atom is 0.472 e. The van der Waals surface area contributed by atoms with Gasteiger partial charge in [-0.2, -0.15) is 0 Å². The second kappa shape index (κ2) is 42.4. The Morgan fingerprint density at radius 3 is 1.44 bits per heavy atom. The zero-order valence-electron chi connectivity index (χ0n) is 35.9. The van der Waals surface area contributed by atoms with E-state index in [1.165, 1.54) is 148 Å². The SMILES string of the molecule is CCC/C=C\CCCCCCCC(=O)NCCOP(=O)(O)OCC(O)COC(=O)CCCCCCCCCCCCCCCCCCCCCCCCCC. The van der Waals surface area contributed by atoms with Crippen LogP contribution in [-0.4, -0.2) is 54.3 Å². The van der Waals surface area contributed by atoms with E-state index in [1.807, 2.05) is 0 Å². The van der Waals surface area contributed by atoms with Crippen molar-refractivity contribution in [2.45, 2.75) is 238 Å². The molecule has 0 aromatic rings. The summed E-state index contributed by atoms with van der Waals surface area (Å²) in [6.07, 6.45) is 44.5. The van der Waals surface area contributed by atoms with Gasteiger partial charge in [0.05, 0.1) is 13.2 Å². The molecule has 0 saturated heterocycles. The predicted molar refractivity (Wildman–Crippen MR) is 229 cm³/mol. The van der Waals surface area contributed by atoms with Gasteiger partial charge >= 0.3 is 13.8 Å². The highest BCUT2D eigenvalue weighted by molar-refractivity contribution is 7.47. The minimum Gasteiger partial charge on any atom is -0.463 e. The Labute approximate surface area is 338 Å². The summed E-state index contributed by atoms with van der Waals surface area (Å²) in [5, 5.41) is 12.7. The first-order valence-electron chi connectivity index (χ1n) is 23.2. The normalized spacial score (nSPS) is 13.3. The number of carbonyl (C=O) groups excluding carboxylic acids is 2. The van der Waals surface area contributed by atoms with E-state index in [0.29, 0.717) is 6.42 Å². The number of hydrogen-bond acceptors (Lipinski definition) is 7. The van der Waals surface area contributed by atoms with E-state index in [0.717, 1.165) is 57.8 Å². The lowest BCUT2D eigenvalue weighted by molar-refractivity contribution is -0.147. The topological polar surface area (TPSA) is 131 Å². The van der Waals surface area contributed by atoms with E-state index < -0.39 is 26.5 Å². The standard InChI is InChI=1S/C45H88NO8P/c1-3-5-7-9-11-13-15-16-17-18-19-20-21-22-23-24-25-26-27-28-30-32-34-36-38-45(49)52-41-43(47)42-54-55(50,51)53-40-39-46-44(48)37-35-33-31-29-14-12-10-8-6-4-2/h8,10,43,47H,3-7,9,11-42H2,1-2H3,(H,46,48)(H,50,51)/b10-8-. The van der Waals surface area contributed by atoms with Crippen LogP contribution in [0.5, 0.6) is 0 Å². The molecule has 2 unspecified atom stereocenters. The fourth-order valence-electron chi connectivity index (χ4n) is 6.68. The number of phosphoric ester groups is 1. The molecular weight excluding hydrogens is 713 g/mol. The number of esters is 1.